The van der Waals surface area contributed by atoms with Crippen LogP contribution in [0.5, 0.6) is 0 Å². The molecule has 1 heterocycles. The monoisotopic (exact) mass is 250 g/mol. The first-order valence-corrected chi connectivity index (χ1v) is 6.02. The lowest BCUT2D eigenvalue weighted by atomic mass is 9.97. The highest BCUT2D eigenvalue weighted by Gasteiger charge is 2.17. The quantitative estimate of drug-likeness (QED) is 0.613. The molecule has 1 aliphatic heterocycles. The van der Waals surface area contributed by atoms with Gasteiger partial charge in [0.1, 0.15) is 0 Å². The number of amides is 1. The van der Waals surface area contributed by atoms with Gasteiger partial charge in [-0.25, -0.2) is 5.48 Å². The van der Waals surface area contributed by atoms with Crippen molar-refractivity contribution >= 4 is 5.91 Å². The smallest absolute Gasteiger partial charge is 0.274 e. The third-order valence-corrected chi connectivity index (χ3v) is 3.27. The molecule has 0 saturated carbocycles. The topological polar surface area (TPSA) is 61.8 Å². The van der Waals surface area contributed by atoms with Crippen molar-refractivity contribution in [2.24, 2.45) is 0 Å². The van der Waals surface area contributed by atoms with E-state index in [1.54, 1.807) is 18.7 Å². The van der Waals surface area contributed by atoms with Gasteiger partial charge in [0, 0.05) is 32.3 Å². The predicted octanol–water partition coefficient (Wildman–Crippen LogP) is 0.810. The number of carbonyl (C=O) groups excluding carboxylic acids is 1. The number of ether oxygens (including phenoxy) is 1. The molecule has 0 atom stereocenters. The van der Waals surface area contributed by atoms with Gasteiger partial charge < -0.3 is 4.74 Å². The molecule has 1 amide bonds. The molecule has 0 bridgehead atoms. The Bertz CT molecular complexity index is 434. The number of rotatable bonds is 4. The number of hydroxylamine groups is 1. The summed E-state index contributed by atoms with van der Waals surface area (Å²) in [6.45, 7) is 3.52. The van der Waals surface area contributed by atoms with Crippen LogP contribution in [0.25, 0.3) is 0 Å². The number of hydrogen-bond donors (Lipinski definition) is 2. The Morgan fingerprint density at radius 2 is 2.33 bits per heavy atom. The molecule has 1 aromatic carbocycles. The molecular weight excluding hydrogens is 232 g/mol. The standard InChI is InChI=1S/C13H18N2O3/c1-18-7-6-15-5-4-10-8-11(13(16)14-17)2-3-12(10)9-15/h2-3,8,17H,4-7,9H2,1H3,(H,14,16). The van der Waals surface area contributed by atoms with Crippen molar-refractivity contribution in [3.63, 3.8) is 0 Å². The molecule has 2 rings (SSSR count). The first-order valence-electron chi connectivity index (χ1n) is 6.02. The minimum atomic E-state index is -0.459. The van der Waals surface area contributed by atoms with E-state index in [1.807, 2.05) is 12.1 Å². The lowest BCUT2D eigenvalue weighted by Crippen LogP contribution is -2.33. The fourth-order valence-corrected chi connectivity index (χ4v) is 2.23. The Labute approximate surface area is 106 Å². The zero-order chi connectivity index (χ0) is 13.0. The molecule has 5 nitrogen and oxygen atoms in total. The fourth-order valence-electron chi connectivity index (χ4n) is 2.23. The van der Waals surface area contributed by atoms with Gasteiger partial charge in [0.15, 0.2) is 0 Å². The van der Waals surface area contributed by atoms with Crippen LogP contribution in [-0.2, 0) is 17.7 Å². The van der Waals surface area contributed by atoms with E-state index in [0.717, 1.165) is 32.7 Å². The van der Waals surface area contributed by atoms with Crippen molar-refractivity contribution in [3.8, 4) is 0 Å². The summed E-state index contributed by atoms with van der Waals surface area (Å²) in [7, 11) is 1.71. The van der Waals surface area contributed by atoms with Crippen LogP contribution in [0.3, 0.4) is 0 Å². The zero-order valence-electron chi connectivity index (χ0n) is 10.5. The minimum absolute atomic E-state index is 0.459. The van der Waals surface area contributed by atoms with Gasteiger partial charge in [-0.05, 0) is 29.7 Å². The maximum atomic E-state index is 11.3. The van der Waals surface area contributed by atoms with Gasteiger partial charge in [-0.1, -0.05) is 6.07 Å². The van der Waals surface area contributed by atoms with Crippen LogP contribution in [0.4, 0.5) is 0 Å². The van der Waals surface area contributed by atoms with E-state index in [9.17, 15) is 4.79 Å². The number of fused-ring (bicyclic) bond motifs is 1. The largest absolute Gasteiger partial charge is 0.383 e. The number of nitrogens with one attached hydrogen (secondary N) is 1. The van der Waals surface area contributed by atoms with Crippen LogP contribution in [0.1, 0.15) is 21.5 Å². The highest BCUT2D eigenvalue weighted by molar-refractivity contribution is 5.93. The molecule has 0 fully saturated rings. The Hall–Kier alpha value is -1.43. The summed E-state index contributed by atoms with van der Waals surface area (Å²) in [4.78, 5) is 13.6. The second-order valence-electron chi connectivity index (χ2n) is 4.44. The van der Waals surface area contributed by atoms with Crippen molar-refractivity contribution < 1.29 is 14.7 Å². The number of benzene rings is 1. The lowest BCUT2D eigenvalue weighted by Gasteiger charge is -2.28. The van der Waals surface area contributed by atoms with E-state index in [-0.39, 0.29) is 0 Å². The van der Waals surface area contributed by atoms with Crippen LogP contribution in [0.2, 0.25) is 0 Å². The Balaban J connectivity index is 2.08. The van der Waals surface area contributed by atoms with Gasteiger partial charge >= 0.3 is 0 Å². The molecule has 0 unspecified atom stereocenters. The molecule has 0 aliphatic carbocycles. The summed E-state index contributed by atoms with van der Waals surface area (Å²) < 4.78 is 5.08. The van der Waals surface area contributed by atoms with E-state index in [4.69, 9.17) is 9.94 Å². The number of methoxy groups -OCH3 is 1. The van der Waals surface area contributed by atoms with Gasteiger partial charge in [-0.2, -0.15) is 0 Å². The summed E-state index contributed by atoms with van der Waals surface area (Å²) in [5.74, 6) is -0.459. The molecule has 1 aliphatic rings. The van der Waals surface area contributed by atoms with E-state index in [1.165, 1.54) is 11.1 Å². The van der Waals surface area contributed by atoms with Crippen molar-refractivity contribution in [1.29, 1.82) is 0 Å². The molecule has 1 aromatic rings. The van der Waals surface area contributed by atoms with E-state index < -0.39 is 5.91 Å². The van der Waals surface area contributed by atoms with Crippen LogP contribution in [0.15, 0.2) is 18.2 Å². The van der Waals surface area contributed by atoms with Crippen molar-refractivity contribution in [2.75, 3.05) is 26.8 Å². The summed E-state index contributed by atoms with van der Waals surface area (Å²) in [6, 6.07) is 5.55. The summed E-state index contributed by atoms with van der Waals surface area (Å²) in [6.07, 6.45) is 0.922. The maximum absolute atomic E-state index is 11.3. The second-order valence-corrected chi connectivity index (χ2v) is 4.44. The maximum Gasteiger partial charge on any atom is 0.274 e. The summed E-state index contributed by atoms with van der Waals surface area (Å²) in [5.41, 5.74) is 4.59. The summed E-state index contributed by atoms with van der Waals surface area (Å²) >= 11 is 0. The number of hydrogen-bond acceptors (Lipinski definition) is 4. The summed E-state index contributed by atoms with van der Waals surface area (Å²) in [5, 5.41) is 8.61. The van der Waals surface area contributed by atoms with E-state index in [0.29, 0.717) is 5.56 Å². The Kier molecular flexibility index (Phi) is 4.30. The first kappa shape index (κ1) is 13.0. The van der Waals surface area contributed by atoms with Gasteiger partial charge in [0.25, 0.3) is 5.91 Å². The SMILES string of the molecule is COCCN1CCc2cc(C(=O)NO)ccc2C1. The number of carbonyl (C=O) groups is 1. The van der Waals surface area contributed by atoms with Crippen LogP contribution in [0, 0.1) is 0 Å². The second kappa shape index (κ2) is 5.95. The van der Waals surface area contributed by atoms with Crippen LogP contribution in [-0.4, -0.2) is 42.8 Å². The highest BCUT2D eigenvalue weighted by Crippen LogP contribution is 2.20. The third kappa shape index (κ3) is 2.87. The van der Waals surface area contributed by atoms with Crippen molar-refractivity contribution in [1.82, 2.24) is 10.4 Å². The van der Waals surface area contributed by atoms with Gasteiger partial charge in [0.05, 0.1) is 6.61 Å². The van der Waals surface area contributed by atoms with Crippen LogP contribution < -0.4 is 5.48 Å². The normalized spacial score (nSPS) is 15.2. The molecule has 98 valence electrons. The van der Waals surface area contributed by atoms with E-state index in [2.05, 4.69) is 4.90 Å². The molecule has 0 saturated heterocycles. The third-order valence-electron chi connectivity index (χ3n) is 3.27. The Morgan fingerprint density at radius 1 is 1.50 bits per heavy atom. The fraction of sp³-hybridized carbons (Fsp3) is 0.462. The molecule has 0 spiro atoms. The minimum Gasteiger partial charge on any atom is -0.383 e. The molecule has 0 radical (unpaired) electrons. The van der Waals surface area contributed by atoms with E-state index >= 15 is 0 Å². The zero-order valence-corrected chi connectivity index (χ0v) is 10.5. The van der Waals surface area contributed by atoms with Crippen LogP contribution >= 0.6 is 0 Å². The van der Waals surface area contributed by atoms with Gasteiger partial charge in [-0.15, -0.1) is 0 Å². The van der Waals surface area contributed by atoms with Gasteiger partial charge in [-0.3, -0.25) is 14.9 Å². The molecule has 0 aromatic heterocycles. The Morgan fingerprint density at radius 3 is 3.06 bits per heavy atom. The van der Waals surface area contributed by atoms with Crippen molar-refractivity contribution in [3.05, 3.63) is 34.9 Å². The average molecular weight is 250 g/mol. The lowest BCUT2D eigenvalue weighted by molar-refractivity contribution is 0.0706. The predicted molar refractivity (Wildman–Crippen MR) is 66.6 cm³/mol. The average Bonchev–Trinajstić information content (AvgIpc) is 2.43. The molecule has 18 heavy (non-hydrogen) atoms. The molecule has 5 heteroatoms. The highest BCUT2D eigenvalue weighted by atomic mass is 16.5. The first-order chi connectivity index (χ1) is 8.74. The molecule has 2 N–H and O–H groups in total. The molecular formula is C13H18N2O3. The van der Waals surface area contributed by atoms with Crippen molar-refractivity contribution in [2.45, 2.75) is 13.0 Å². The number of nitrogens with zero attached hydrogens (tertiary/aromatic N) is 1. The van der Waals surface area contributed by atoms with Gasteiger partial charge in [0.2, 0.25) is 0 Å².